The second kappa shape index (κ2) is 5.25. The fraction of sp³-hybridized carbons (Fsp3) is 0.300. The van der Waals surface area contributed by atoms with Crippen LogP contribution >= 0.6 is 10.7 Å². The Morgan fingerprint density at radius 1 is 1.30 bits per heavy atom. The second-order valence-corrected chi connectivity index (χ2v) is 6.59. The van der Waals surface area contributed by atoms with Crippen molar-refractivity contribution in [2.24, 2.45) is 0 Å². The molecule has 0 unspecified atom stereocenters. The van der Waals surface area contributed by atoms with E-state index < -0.39 is 25.2 Å². The molecule has 0 saturated heterocycles. The van der Waals surface area contributed by atoms with E-state index in [4.69, 9.17) is 10.7 Å². The van der Waals surface area contributed by atoms with Crippen molar-refractivity contribution in [2.75, 3.05) is 0 Å². The van der Waals surface area contributed by atoms with E-state index in [1.165, 1.54) is 0 Å². The molecule has 108 valence electrons. The zero-order chi connectivity index (χ0) is 14.9. The van der Waals surface area contributed by atoms with Gasteiger partial charge in [-0.1, -0.05) is 0 Å². The number of aromatic amines is 1. The van der Waals surface area contributed by atoms with E-state index in [1.807, 2.05) is 4.98 Å². The number of aromatic nitrogens is 4. The predicted octanol–water partition coefficient (Wildman–Crippen LogP) is -0.331. The van der Waals surface area contributed by atoms with E-state index in [1.54, 1.807) is 23.9 Å². The maximum absolute atomic E-state index is 11.6. The Bertz CT molecular complexity index is 849. The molecule has 0 aromatic carbocycles. The van der Waals surface area contributed by atoms with Crippen LogP contribution in [0.1, 0.15) is 5.82 Å². The van der Waals surface area contributed by atoms with Gasteiger partial charge in [-0.3, -0.25) is 14.3 Å². The Kier molecular flexibility index (Phi) is 3.82. The first-order valence-corrected chi connectivity index (χ1v) is 7.86. The lowest BCUT2D eigenvalue weighted by Crippen LogP contribution is -2.33. The summed E-state index contributed by atoms with van der Waals surface area (Å²) in [4.78, 5) is 28.3. The average Bonchev–Trinajstić information content (AvgIpc) is 2.72. The summed E-state index contributed by atoms with van der Waals surface area (Å²) in [6.45, 7) is 2.37. The minimum absolute atomic E-state index is 0.173. The molecule has 0 spiro atoms. The van der Waals surface area contributed by atoms with Gasteiger partial charge in [0.15, 0.2) is 4.90 Å². The predicted molar refractivity (Wildman–Crippen MR) is 71.3 cm³/mol. The molecule has 0 fully saturated rings. The van der Waals surface area contributed by atoms with Gasteiger partial charge in [-0.25, -0.2) is 18.2 Å². The molecule has 0 saturated carbocycles. The Morgan fingerprint density at radius 3 is 2.50 bits per heavy atom. The number of nitrogens with one attached hydrogen (secondary N) is 1. The van der Waals surface area contributed by atoms with E-state index >= 15 is 0 Å². The van der Waals surface area contributed by atoms with Crippen LogP contribution in [0.5, 0.6) is 0 Å². The molecule has 1 N–H and O–H groups in total. The first-order chi connectivity index (χ1) is 9.29. The zero-order valence-electron chi connectivity index (χ0n) is 10.4. The SMILES string of the molecule is Cc1nccn1CCn1cc(S(=O)(=O)Cl)c(=O)[nH]c1=O. The zero-order valence-corrected chi connectivity index (χ0v) is 12.0. The van der Waals surface area contributed by atoms with Crippen LogP contribution in [-0.4, -0.2) is 27.5 Å². The molecule has 0 aliphatic carbocycles. The highest BCUT2D eigenvalue weighted by Crippen LogP contribution is 2.07. The minimum atomic E-state index is -4.20. The van der Waals surface area contributed by atoms with Crippen LogP contribution in [-0.2, 0) is 22.1 Å². The highest BCUT2D eigenvalue weighted by molar-refractivity contribution is 8.13. The van der Waals surface area contributed by atoms with Gasteiger partial charge in [-0.15, -0.1) is 0 Å². The Balaban J connectivity index is 2.36. The summed E-state index contributed by atoms with van der Waals surface area (Å²) >= 11 is 0. The average molecular weight is 319 g/mol. The highest BCUT2D eigenvalue weighted by atomic mass is 35.7. The number of hydrogen-bond donors (Lipinski definition) is 1. The summed E-state index contributed by atoms with van der Waals surface area (Å²) in [5.74, 6) is 0.757. The van der Waals surface area contributed by atoms with Crippen LogP contribution in [0.2, 0.25) is 0 Å². The molecule has 0 aliphatic rings. The molecule has 0 bridgehead atoms. The van der Waals surface area contributed by atoms with Crippen molar-refractivity contribution in [2.45, 2.75) is 24.9 Å². The van der Waals surface area contributed by atoms with Crippen molar-refractivity contribution >= 4 is 19.7 Å². The third-order valence-corrected chi connectivity index (χ3v) is 4.06. The summed E-state index contributed by atoms with van der Waals surface area (Å²) in [6, 6.07) is 0. The molecule has 10 heteroatoms. The summed E-state index contributed by atoms with van der Waals surface area (Å²) in [5, 5.41) is 0. The second-order valence-electron chi connectivity index (χ2n) is 4.05. The van der Waals surface area contributed by atoms with Crippen molar-refractivity contribution in [3.05, 3.63) is 45.3 Å². The molecule has 2 heterocycles. The molecule has 0 atom stereocenters. The number of hydrogen-bond acceptors (Lipinski definition) is 5. The molecule has 20 heavy (non-hydrogen) atoms. The van der Waals surface area contributed by atoms with Crippen LogP contribution in [0.4, 0.5) is 0 Å². The van der Waals surface area contributed by atoms with Crippen molar-refractivity contribution in [1.82, 2.24) is 19.1 Å². The third kappa shape index (κ3) is 2.99. The first-order valence-electron chi connectivity index (χ1n) is 5.55. The molecule has 2 aromatic rings. The van der Waals surface area contributed by atoms with Crippen molar-refractivity contribution in [1.29, 1.82) is 0 Å². The lowest BCUT2D eigenvalue weighted by atomic mass is 10.5. The Labute approximate surface area is 118 Å². The molecule has 0 radical (unpaired) electrons. The van der Waals surface area contributed by atoms with Gasteiger partial charge < -0.3 is 4.57 Å². The topological polar surface area (TPSA) is 107 Å². The maximum atomic E-state index is 11.6. The number of rotatable bonds is 4. The molecule has 0 aliphatic heterocycles. The Morgan fingerprint density at radius 2 is 1.95 bits per heavy atom. The molecule has 2 aromatic heterocycles. The van der Waals surface area contributed by atoms with Crippen LogP contribution in [0.3, 0.4) is 0 Å². The monoisotopic (exact) mass is 318 g/mol. The molecular formula is C10H11ClN4O4S. The smallest absolute Gasteiger partial charge is 0.328 e. The minimum Gasteiger partial charge on any atom is -0.333 e. The largest absolute Gasteiger partial charge is 0.333 e. The van der Waals surface area contributed by atoms with Crippen LogP contribution in [0, 0.1) is 6.92 Å². The van der Waals surface area contributed by atoms with Gasteiger partial charge in [0.2, 0.25) is 0 Å². The van der Waals surface area contributed by atoms with Gasteiger partial charge in [0.05, 0.1) is 0 Å². The number of halogens is 1. The van der Waals surface area contributed by atoms with Crippen molar-refractivity contribution in [3.63, 3.8) is 0 Å². The van der Waals surface area contributed by atoms with Gasteiger partial charge in [0.25, 0.3) is 14.6 Å². The summed E-state index contributed by atoms with van der Waals surface area (Å²) in [7, 11) is 0.931. The van der Waals surface area contributed by atoms with Gasteiger partial charge in [-0.05, 0) is 6.92 Å². The highest BCUT2D eigenvalue weighted by Gasteiger charge is 2.17. The number of nitrogens with zero attached hydrogens (tertiary/aromatic N) is 3. The van der Waals surface area contributed by atoms with E-state index in [0.717, 1.165) is 16.6 Å². The number of imidazole rings is 1. The van der Waals surface area contributed by atoms with E-state index in [-0.39, 0.29) is 6.54 Å². The summed E-state index contributed by atoms with van der Waals surface area (Å²) < 4.78 is 25.3. The van der Waals surface area contributed by atoms with E-state index in [0.29, 0.717) is 6.54 Å². The molecular weight excluding hydrogens is 308 g/mol. The summed E-state index contributed by atoms with van der Waals surface area (Å²) in [6.07, 6.45) is 4.28. The number of H-pyrrole nitrogens is 1. The van der Waals surface area contributed by atoms with Crippen molar-refractivity contribution < 1.29 is 8.42 Å². The Hall–Kier alpha value is -1.87. The van der Waals surface area contributed by atoms with Gasteiger partial charge in [0.1, 0.15) is 5.82 Å². The molecule has 2 rings (SSSR count). The standard InChI is InChI=1S/C10H11ClN4O4S/c1-7-12-2-3-14(7)4-5-15-6-8(20(11,18)19)9(16)13-10(15)17/h2-3,6H,4-5H2,1H3,(H,13,16,17). The van der Waals surface area contributed by atoms with Crippen molar-refractivity contribution in [3.8, 4) is 0 Å². The quantitative estimate of drug-likeness (QED) is 0.777. The number of aryl methyl sites for hydroxylation is 3. The molecule has 8 nitrogen and oxygen atoms in total. The fourth-order valence-electron chi connectivity index (χ4n) is 1.68. The van der Waals surface area contributed by atoms with Crippen LogP contribution < -0.4 is 11.2 Å². The van der Waals surface area contributed by atoms with Gasteiger partial charge >= 0.3 is 5.69 Å². The normalized spacial score (nSPS) is 11.7. The van der Waals surface area contributed by atoms with Crippen LogP contribution in [0.25, 0.3) is 0 Å². The maximum Gasteiger partial charge on any atom is 0.328 e. The van der Waals surface area contributed by atoms with Crippen LogP contribution in [0.15, 0.2) is 33.1 Å². The van der Waals surface area contributed by atoms with E-state index in [2.05, 4.69) is 4.98 Å². The van der Waals surface area contributed by atoms with Gasteiger partial charge in [0, 0.05) is 42.4 Å². The van der Waals surface area contributed by atoms with Gasteiger partial charge in [-0.2, -0.15) is 0 Å². The van der Waals surface area contributed by atoms with E-state index in [9.17, 15) is 18.0 Å². The first kappa shape index (κ1) is 14.5. The molecule has 0 amide bonds. The summed E-state index contributed by atoms with van der Waals surface area (Å²) in [5.41, 5.74) is -1.73. The lowest BCUT2D eigenvalue weighted by molar-refractivity contribution is 0.536. The fourth-order valence-corrected chi connectivity index (χ4v) is 2.54. The third-order valence-electron chi connectivity index (χ3n) is 2.75. The lowest BCUT2D eigenvalue weighted by Gasteiger charge is -2.08.